The number of benzene rings is 2. The third kappa shape index (κ3) is 3.02. The molecule has 138 valence electrons. The number of rotatable bonds is 3. The van der Waals surface area contributed by atoms with Crippen LogP contribution < -0.4 is 5.32 Å². The van der Waals surface area contributed by atoms with E-state index in [4.69, 9.17) is 4.74 Å². The van der Waals surface area contributed by atoms with Crippen molar-refractivity contribution in [3.8, 4) is 17.0 Å². The maximum absolute atomic E-state index is 10.4. The minimum Gasteiger partial charge on any atom is -0.507 e. The zero-order valence-corrected chi connectivity index (χ0v) is 15.4. The maximum Gasteiger partial charge on any atom is 0.156 e. The van der Waals surface area contributed by atoms with Crippen LogP contribution in [0.3, 0.4) is 0 Å². The van der Waals surface area contributed by atoms with Crippen molar-refractivity contribution in [3.05, 3.63) is 48.0 Å². The van der Waals surface area contributed by atoms with Gasteiger partial charge in [-0.25, -0.2) is 0 Å². The van der Waals surface area contributed by atoms with Crippen molar-refractivity contribution in [2.75, 3.05) is 5.32 Å². The molecular formula is C22H23N3O2. The van der Waals surface area contributed by atoms with E-state index in [9.17, 15) is 5.11 Å². The van der Waals surface area contributed by atoms with Crippen LogP contribution >= 0.6 is 0 Å². The number of aryl methyl sites for hydroxylation is 1. The third-order valence-corrected chi connectivity index (χ3v) is 5.73. The summed E-state index contributed by atoms with van der Waals surface area (Å²) in [7, 11) is 0. The van der Waals surface area contributed by atoms with Crippen LogP contribution in [0.2, 0.25) is 0 Å². The molecule has 0 amide bonds. The SMILES string of the molecule is Cc1ccc(-c2nnc(NC3CC4CCC(C3)O4)c3ccccc23)c(O)c1. The van der Waals surface area contributed by atoms with Crippen LogP contribution in [0.1, 0.15) is 31.2 Å². The molecule has 0 radical (unpaired) electrons. The Bertz CT molecular complexity index is 992. The van der Waals surface area contributed by atoms with Gasteiger partial charge < -0.3 is 15.2 Å². The van der Waals surface area contributed by atoms with Crippen LogP contribution in [0.5, 0.6) is 5.75 Å². The summed E-state index contributed by atoms with van der Waals surface area (Å²) in [5.74, 6) is 1.04. The van der Waals surface area contributed by atoms with Crippen molar-refractivity contribution in [2.45, 2.75) is 50.9 Å². The summed E-state index contributed by atoms with van der Waals surface area (Å²) >= 11 is 0. The molecule has 0 aliphatic carbocycles. The Kier molecular flexibility index (Phi) is 3.97. The van der Waals surface area contributed by atoms with E-state index < -0.39 is 0 Å². The first-order chi connectivity index (χ1) is 13.2. The second-order valence-corrected chi connectivity index (χ2v) is 7.73. The van der Waals surface area contributed by atoms with Crippen molar-refractivity contribution in [1.82, 2.24) is 10.2 Å². The highest BCUT2D eigenvalue weighted by molar-refractivity contribution is 6.00. The lowest BCUT2D eigenvalue weighted by molar-refractivity contribution is 0.000663. The Morgan fingerprint density at radius 1 is 1.00 bits per heavy atom. The van der Waals surface area contributed by atoms with Crippen molar-refractivity contribution in [3.63, 3.8) is 0 Å². The predicted molar refractivity (Wildman–Crippen MR) is 106 cm³/mol. The highest BCUT2D eigenvalue weighted by Gasteiger charge is 2.35. The highest BCUT2D eigenvalue weighted by atomic mass is 16.5. The van der Waals surface area contributed by atoms with Crippen LogP contribution in [0.4, 0.5) is 5.82 Å². The number of ether oxygens (including phenoxy) is 1. The summed E-state index contributed by atoms with van der Waals surface area (Å²) in [6, 6.07) is 14.1. The molecule has 2 unspecified atom stereocenters. The van der Waals surface area contributed by atoms with Crippen LogP contribution in [-0.4, -0.2) is 33.6 Å². The summed E-state index contributed by atoms with van der Waals surface area (Å²) in [5.41, 5.74) is 2.43. The number of phenolic OH excluding ortho intramolecular Hbond substituents is 1. The number of anilines is 1. The maximum atomic E-state index is 10.4. The van der Waals surface area contributed by atoms with Gasteiger partial charge in [0.05, 0.1) is 12.2 Å². The van der Waals surface area contributed by atoms with Crippen molar-refractivity contribution >= 4 is 16.6 Å². The molecule has 0 spiro atoms. The number of nitrogens with one attached hydrogen (secondary N) is 1. The van der Waals surface area contributed by atoms with Gasteiger partial charge in [0.25, 0.3) is 0 Å². The minimum absolute atomic E-state index is 0.233. The fraction of sp³-hybridized carbons (Fsp3) is 0.364. The average molecular weight is 361 g/mol. The Morgan fingerprint density at radius 3 is 2.48 bits per heavy atom. The van der Waals surface area contributed by atoms with Gasteiger partial charge in [0.2, 0.25) is 0 Å². The van der Waals surface area contributed by atoms with E-state index in [-0.39, 0.29) is 5.75 Å². The van der Waals surface area contributed by atoms with E-state index in [2.05, 4.69) is 21.6 Å². The molecule has 1 aromatic heterocycles. The number of aromatic hydroxyl groups is 1. The summed E-state index contributed by atoms with van der Waals surface area (Å²) in [6.07, 6.45) is 5.13. The summed E-state index contributed by atoms with van der Waals surface area (Å²) in [6.45, 7) is 1.96. The lowest BCUT2D eigenvalue weighted by atomic mass is 10.0. The van der Waals surface area contributed by atoms with Crippen molar-refractivity contribution in [2.24, 2.45) is 0 Å². The van der Waals surface area contributed by atoms with Crippen LogP contribution in [-0.2, 0) is 4.74 Å². The molecule has 27 heavy (non-hydrogen) atoms. The van der Waals surface area contributed by atoms with Gasteiger partial charge in [-0.05, 0) is 50.3 Å². The Morgan fingerprint density at radius 2 is 1.74 bits per heavy atom. The Hall–Kier alpha value is -2.66. The summed E-state index contributed by atoms with van der Waals surface area (Å²) in [5, 5.41) is 25.0. The lowest BCUT2D eigenvalue weighted by Gasteiger charge is -2.29. The standard InChI is InChI=1S/C22H23N3O2/c1-13-6-9-19(20(26)10-13)21-17-4-2-3-5-18(17)22(25-24-21)23-14-11-15-7-8-16(12-14)27-15/h2-6,9-10,14-16,26H,7-8,11-12H2,1H3,(H,23,25). The van der Waals surface area contributed by atoms with E-state index in [0.717, 1.165) is 35.0 Å². The zero-order chi connectivity index (χ0) is 18.4. The summed E-state index contributed by atoms with van der Waals surface area (Å²) < 4.78 is 5.95. The average Bonchev–Trinajstić information content (AvgIpc) is 3.01. The van der Waals surface area contributed by atoms with E-state index in [1.165, 1.54) is 12.8 Å². The predicted octanol–water partition coefficient (Wildman–Crippen LogP) is 4.43. The first-order valence-corrected chi connectivity index (χ1v) is 9.65. The number of nitrogens with zero attached hydrogens (tertiary/aromatic N) is 2. The summed E-state index contributed by atoms with van der Waals surface area (Å²) in [4.78, 5) is 0. The van der Waals surface area contributed by atoms with Gasteiger partial charge in [0.1, 0.15) is 11.4 Å². The van der Waals surface area contributed by atoms with Crippen LogP contribution in [0.15, 0.2) is 42.5 Å². The molecule has 2 aromatic carbocycles. The smallest absolute Gasteiger partial charge is 0.156 e. The number of hydrogen-bond donors (Lipinski definition) is 2. The first-order valence-electron chi connectivity index (χ1n) is 9.65. The minimum atomic E-state index is 0.233. The van der Waals surface area contributed by atoms with Gasteiger partial charge in [-0.15, -0.1) is 10.2 Å². The number of fused-ring (bicyclic) bond motifs is 3. The Balaban J connectivity index is 1.54. The largest absolute Gasteiger partial charge is 0.507 e. The second-order valence-electron chi connectivity index (χ2n) is 7.73. The van der Waals surface area contributed by atoms with Gasteiger partial charge in [-0.3, -0.25) is 0 Å². The molecule has 2 atom stereocenters. The molecule has 0 saturated carbocycles. The Labute approximate surface area is 158 Å². The first kappa shape index (κ1) is 16.5. The molecule has 2 aliphatic heterocycles. The molecule has 2 fully saturated rings. The molecule has 2 bridgehead atoms. The fourth-order valence-electron chi connectivity index (χ4n) is 4.42. The van der Waals surface area contributed by atoms with Gasteiger partial charge in [0.15, 0.2) is 5.82 Å². The molecule has 2 aliphatic rings. The molecule has 2 N–H and O–H groups in total. The lowest BCUT2D eigenvalue weighted by Crippen LogP contribution is -2.34. The van der Waals surface area contributed by atoms with Gasteiger partial charge >= 0.3 is 0 Å². The van der Waals surface area contributed by atoms with Gasteiger partial charge in [0, 0.05) is 22.4 Å². The van der Waals surface area contributed by atoms with Crippen LogP contribution in [0, 0.1) is 6.92 Å². The van der Waals surface area contributed by atoms with E-state index in [1.807, 2.05) is 37.3 Å². The van der Waals surface area contributed by atoms with Gasteiger partial charge in [-0.2, -0.15) is 0 Å². The van der Waals surface area contributed by atoms with Crippen molar-refractivity contribution in [1.29, 1.82) is 0 Å². The third-order valence-electron chi connectivity index (χ3n) is 5.73. The van der Waals surface area contributed by atoms with E-state index >= 15 is 0 Å². The fourth-order valence-corrected chi connectivity index (χ4v) is 4.42. The zero-order valence-electron chi connectivity index (χ0n) is 15.4. The molecule has 3 heterocycles. The highest BCUT2D eigenvalue weighted by Crippen LogP contribution is 2.37. The molecule has 5 heteroatoms. The number of phenols is 1. The van der Waals surface area contributed by atoms with Crippen molar-refractivity contribution < 1.29 is 9.84 Å². The number of aromatic nitrogens is 2. The molecule has 5 rings (SSSR count). The second kappa shape index (κ2) is 6.50. The molecule has 3 aromatic rings. The normalized spacial score (nSPS) is 24.3. The van der Waals surface area contributed by atoms with E-state index in [1.54, 1.807) is 6.07 Å². The monoisotopic (exact) mass is 361 g/mol. The van der Waals surface area contributed by atoms with Gasteiger partial charge in [-0.1, -0.05) is 30.3 Å². The molecular weight excluding hydrogens is 338 g/mol. The van der Waals surface area contributed by atoms with Crippen LogP contribution in [0.25, 0.3) is 22.0 Å². The molecule has 2 saturated heterocycles. The quantitative estimate of drug-likeness (QED) is 0.722. The molecule has 5 nitrogen and oxygen atoms in total. The number of hydrogen-bond acceptors (Lipinski definition) is 5. The topological polar surface area (TPSA) is 67.3 Å². The van der Waals surface area contributed by atoms with E-state index in [0.29, 0.717) is 29.5 Å².